The number of furan rings is 1. The van der Waals surface area contributed by atoms with Gasteiger partial charge in [-0.05, 0) is 46.5 Å². The van der Waals surface area contributed by atoms with Gasteiger partial charge in [-0.1, -0.05) is 146 Å². The first kappa shape index (κ1) is 28.2. The van der Waals surface area contributed by atoms with E-state index in [1.165, 1.54) is 11.1 Å². The minimum Gasteiger partial charge on any atom is -0.456 e. The lowest BCUT2D eigenvalue weighted by Crippen LogP contribution is -2.06. The first-order valence-corrected chi connectivity index (χ1v) is 16.7. The van der Waals surface area contributed by atoms with Crippen LogP contribution in [0.4, 0.5) is 0 Å². The van der Waals surface area contributed by atoms with Gasteiger partial charge in [-0.15, -0.1) is 0 Å². The second-order valence-corrected chi connectivity index (χ2v) is 12.4. The molecule has 0 radical (unpaired) electrons. The minimum atomic E-state index is 0.563. The fourth-order valence-electron chi connectivity index (χ4n) is 7.21. The van der Waals surface area contributed by atoms with E-state index in [9.17, 15) is 0 Å². The van der Waals surface area contributed by atoms with Gasteiger partial charge < -0.3 is 4.42 Å². The summed E-state index contributed by atoms with van der Waals surface area (Å²) in [6.07, 6.45) is 0. The Kier molecular flexibility index (Phi) is 6.42. The summed E-state index contributed by atoms with van der Waals surface area (Å²) in [7, 11) is 0. The molecule has 0 N–H and O–H groups in total. The Balaban J connectivity index is 1.23. The molecule has 50 heavy (non-hydrogen) atoms. The lowest BCUT2D eigenvalue weighted by Gasteiger charge is -2.12. The van der Waals surface area contributed by atoms with Crippen molar-refractivity contribution in [2.24, 2.45) is 0 Å². The molecule has 5 nitrogen and oxygen atoms in total. The summed E-state index contributed by atoms with van der Waals surface area (Å²) < 4.78 is 8.67. The molecule has 0 spiro atoms. The largest absolute Gasteiger partial charge is 0.456 e. The van der Waals surface area contributed by atoms with E-state index in [1.54, 1.807) is 0 Å². The van der Waals surface area contributed by atoms with Crippen LogP contribution >= 0.6 is 0 Å². The summed E-state index contributed by atoms with van der Waals surface area (Å²) in [5.74, 6) is 1.75. The van der Waals surface area contributed by atoms with Crippen molar-refractivity contribution in [1.82, 2.24) is 19.5 Å². The van der Waals surface area contributed by atoms with E-state index in [1.807, 2.05) is 54.6 Å². The van der Waals surface area contributed by atoms with Crippen LogP contribution < -0.4 is 0 Å². The molecule has 3 aromatic heterocycles. The molecule has 0 atom stereocenters. The molecule has 10 rings (SSSR count). The normalized spacial score (nSPS) is 11.6. The third-order valence-corrected chi connectivity index (χ3v) is 9.50. The van der Waals surface area contributed by atoms with Crippen molar-refractivity contribution >= 4 is 43.7 Å². The molecule has 0 aliphatic carbocycles. The zero-order chi connectivity index (χ0) is 33.0. The highest BCUT2D eigenvalue weighted by molar-refractivity contribution is 6.17. The maximum absolute atomic E-state index is 6.53. The summed E-state index contributed by atoms with van der Waals surface area (Å²) in [5, 5.41) is 4.31. The Hall–Kier alpha value is -6.85. The highest BCUT2D eigenvalue weighted by atomic mass is 16.3. The highest BCUT2D eigenvalue weighted by Gasteiger charge is 2.21. The molecule has 5 heteroatoms. The Morgan fingerprint density at radius 3 is 1.52 bits per heavy atom. The maximum atomic E-state index is 6.53. The Morgan fingerprint density at radius 2 is 0.860 bits per heavy atom. The van der Waals surface area contributed by atoms with Crippen LogP contribution in [-0.4, -0.2) is 19.5 Å². The number of rotatable bonds is 5. The summed E-state index contributed by atoms with van der Waals surface area (Å²) in [6.45, 7) is 0. The first-order valence-electron chi connectivity index (χ1n) is 16.7. The molecule has 0 aliphatic rings. The van der Waals surface area contributed by atoms with Crippen LogP contribution in [0.5, 0.6) is 0 Å². The number of nitrogens with zero attached hydrogens (tertiary/aromatic N) is 4. The van der Waals surface area contributed by atoms with Gasteiger partial charge in [0, 0.05) is 32.7 Å². The molecule has 0 saturated heterocycles. The zero-order valence-corrected chi connectivity index (χ0v) is 26.9. The molecule has 7 aromatic carbocycles. The van der Waals surface area contributed by atoms with E-state index in [0.29, 0.717) is 17.6 Å². The SMILES string of the molecule is c1ccc(-c2ccc(-c3cccc4oc5cccc(-c6nc(-c7ccccc7)nc(-n7c8ccccc8c8ccccc87)n6)c5c34)cc2)cc1. The standard InChI is InChI=1S/C45H28N4O/c1-3-13-29(14-4-1)30-25-27-31(28-26-30)33-19-11-23-39-41(33)42-36(20-12-24-40(42)50-39)44-46-43(32-15-5-2-6-16-32)47-45(48-44)49-37-21-9-7-17-34(37)35-18-8-10-22-38(35)49/h1-28H. The smallest absolute Gasteiger partial charge is 0.238 e. The number of hydrogen-bond acceptors (Lipinski definition) is 4. The van der Waals surface area contributed by atoms with Crippen LogP contribution in [0.25, 0.3) is 94.7 Å². The molecule has 0 amide bonds. The fourth-order valence-corrected chi connectivity index (χ4v) is 7.21. The quantitative estimate of drug-likeness (QED) is 0.188. The molecular formula is C45H28N4O. The second-order valence-electron chi connectivity index (χ2n) is 12.4. The topological polar surface area (TPSA) is 56.7 Å². The zero-order valence-electron chi connectivity index (χ0n) is 26.9. The highest BCUT2D eigenvalue weighted by Crippen LogP contribution is 2.42. The van der Waals surface area contributed by atoms with E-state index in [-0.39, 0.29) is 0 Å². The predicted octanol–water partition coefficient (Wildman–Crippen LogP) is 11.5. The van der Waals surface area contributed by atoms with Crippen molar-refractivity contribution in [3.63, 3.8) is 0 Å². The van der Waals surface area contributed by atoms with Gasteiger partial charge in [-0.3, -0.25) is 4.57 Å². The molecule has 0 bridgehead atoms. The molecule has 0 aliphatic heterocycles. The average Bonchev–Trinajstić information content (AvgIpc) is 3.75. The van der Waals surface area contributed by atoms with Gasteiger partial charge in [0.05, 0.1) is 11.0 Å². The van der Waals surface area contributed by atoms with Gasteiger partial charge >= 0.3 is 0 Å². The maximum Gasteiger partial charge on any atom is 0.238 e. The van der Waals surface area contributed by atoms with Crippen LogP contribution in [0.3, 0.4) is 0 Å². The Labute approximate surface area is 287 Å². The lowest BCUT2D eigenvalue weighted by molar-refractivity contribution is 0.669. The Morgan fingerprint density at radius 1 is 0.360 bits per heavy atom. The number of benzene rings is 7. The molecule has 0 fully saturated rings. The third-order valence-electron chi connectivity index (χ3n) is 9.50. The van der Waals surface area contributed by atoms with Crippen molar-refractivity contribution in [2.75, 3.05) is 0 Å². The van der Waals surface area contributed by atoms with Gasteiger partial charge in [-0.25, -0.2) is 4.98 Å². The van der Waals surface area contributed by atoms with Crippen LogP contribution in [0.2, 0.25) is 0 Å². The van der Waals surface area contributed by atoms with E-state index in [2.05, 4.69) is 120 Å². The van der Waals surface area contributed by atoms with Crippen LogP contribution in [0.1, 0.15) is 0 Å². The van der Waals surface area contributed by atoms with Crippen LogP contribution in [-0.2, 0) is 0 Å². The van der Waals surface area contributed by atoms with Crippen LogP contribution in [0.15, 0.2) is 174 Å². The fraction of sp³-hybridized carbons (Fsp3) is 0. The minimum absolute atomic E-state index is 0.563. The predicted molar refractivity (Wildman–Crippen MR) is 203 cm³/mol. The van der Waals surface area contributed by atoms with Crippen molar-refractivity contribution in [2.45, 2.75) is 0 Å². The number of para-hydroxylation sites is 2. The van der Waals surface area contributed by atoms with Crippen molar-refractivity contribution in [3.05, 3.63) is 170 Å². The summed E-state index contributed by atoms with van der Waals surface area (Å²) in [5.41, 5.74) is 10.1. The molecule has 0 unspecified atom stereocenters. The third kappa shape index (κ3) is 4.52. The number of aromatic nitrogens is 4. The van der Waals surface area contributed by atoms with Crippen molar-refractivity contribution < 1.29 is 4.42 Å². The van der Waals surface area contributed by atoms with E-state index in [0.717, 1.165) is 66.0 Å². The Bertz CT molecular complexity index is 2800. The number of hydrogen-bond donors (Lipinski definition) is 0. The molecule has 3 heterocycles. The second kappa shape index (κ2) is 11.4. The van der Waals surface area contributed by atoms with Gasteiger partial charge in [0.25, 0.3) is 0 Å². The van der Waals surface area contributed by atoms with E-state index < -0.39 is 0 Å². The summed E-state index contributed by atoms with van der Waals surface area (Å²) >= 11 is 0. The molecule has 10 aromatic rings. The van der Waals surface area contributed by atoms with Crippen molar-refractivity contribution in [1.29, 1.82) is 0 Å². The molecule has 0 saturated carbocycles. The van der Waals surface area contributed by atoms with E-state index >= 15 is 0 Å². The van der Waals surface area contributed by atoms with Gasteiger partial charge in [-0.2, -0.15) is 9.97 Å². The van der Waals surface area contributed by atoms with Gasteiger partial charge in [0.1, 0.15) is 11.2 Å². The summed E-state index contributed by atoms with van der Waals surface area (Å²) in [4.78, 5) is 15.5. The lowest BCUT2D eigenvalue weighted by atomic mass is 9.95. The molecular weight excluding hydrogens is 613 g/mol. The molecule has 234 valence electrons. The first-order chi connectivity index (χ1) is 24.8. The summed E-state index contributed by atoms with van der Waals surface area (Å²) in [6, 6.07) is 58.5. The monoisotopic (exact) mass is 640 g/mol. The van der Waals surface area contributed by atoms with Gasteiger partial charge in [0.15, 0.2) is 11.6 Å². The van der Waals surface area contributed by atoms with Crippen LogP contribution in [0, 0.1) is 0 Å². The van der Waals surface area contributed by atoms with Gasteiger partial charge in [0.2, 0.25) is 5.95 Å². The number of fused-ring (bicyclic) bond motifs is 6. The van der Waals surface area contributed by atoms with Crippen molar-refractivity contribution in [3.8, 4) is 51.0 Å². The average molecular weight is 641 g/mol. The van der Waals surface area contributed by atoms with E-state index in [4.69, 9.17) is 19.4 Å².